The molecule has 0 aliphatic carbocycles. The van der Waals surface area contributed by atoms with E-state index in [2.05, 4.69) is 92.5 Å². The summed E-state index contributed by atoms with van der Waals surface area (Å²) in [4.78, 5) is -5.21. The number of nitrogens with zero attached hydrogens (tertiary/aromatic N) is 16. The van der Waals surface area contributed by atoms with Crippen LogP contribution in [0.4, 0.5) is 159 Å². The SMILES string of the molecule is Nc1ccc(N=Nc2ccc3cc(S(=O)(=O)O)c(N=Nc4ccc(Nc5ccc(N=Nc6c(S(=O)(=O)O)cc7ccc(N=Nc8ccc(N)cc8N)cc7c6O)cc5S(=O)(=O)O)cc4)c([O-])c3c2)c(N)c1.Nc1ccc(N=Nc2ccc3cc(S(=O)(=O)[O-])c(N=Nc4ccc(Nc5ccc(N=Nc6c(S(=O)(=O)[O-])cc7ccc(N=Nc8ccc(N)cc8N)cc7c6[O-])cc5S(=O)(=O)[O-])cc4)c([O-])c3c2)c(N)c1.[Li+].[Li+].[Li+].[Na+].[Na+].[Na+]. The molecule has 0 radical (unpaired) electrons. The second-order valence-electron chi connectivity index (χ2n) is 30.2. The first-order valence-corrected chi connectivity index (χ1v) is 48.5. The van der Waals surface area contributed by atoms with Gasteiger partial charge in [0.05, 0.1) is 111 Å². The fraction of sp³-hybridized carbons (Fsp3) is 0. The van der Waals surface area contributed by atoms with E-state index in [9.17, 15) is 98.2 Å². The zero-order valence-corrected chi connectivity index (χ0v) is 88.5. The van der Waals surface area contributed by atoms with Crippen LogP contribution in [0.2, 0.25) is 0 Å². The van der Waals surface area contributed by atoms with Gasteiger partial charge in [0, 0.05) is 39.5 Å². The predicted molar refractivity (Wildman–Crippen MR) is 516 cm³/mol. The van der Waals surface area contributed by atoms with Crippen LogP contribution in [0.25, 0.3) is 43.1 Å². The minimum Gasteiger partial charge on any atom is -0.871 e. The maximum atomic E-state index is 13.7. The van der Waals surface area contributed by atoms with Gasteiger partial charge in [-0.15, -0.1) is 40.9 Å². The number of rotatable bonds is 26. The second kappa shape index (κ2) is 48.4. The summed E-state index contributed by atoms with van der Waals surface area (Å²) in [6.07, 6.45) is 0. The average Bonchev–Trinajstić information content (AvgIpc) is 0.772. The Labute approximate surface area is 941 Å². The predicted octanol–water partition coefficient (Wildman–Crippen LogP) is 0.857. The molecule has 0 saturated heterocycles. The van der Waals surface area contributed by atoms with Gasteiger partial charge in [-0.2, -0.15) is 66.2 Å². The third kappa shape index (κ3) is 28.4. The molecule has 0 atom stereocenters. The van der Waals surface area contributed by atoms with Gasteiger partial charge >= 0.3 is 145 Å². The van der Waals surface area contributed by atoms with Crippen LogP contribution in [-0.2, 0) is 60.7 Å². The van der Waals surface area contributed by atoms with Gasteiger partial charge in [0.1, 0.15) is 73.5 Å². The van der Waals surface area contributed by atoms with Crippen molar-refractivity contribution >= 4 is 263 Å². The third-order valence-corrected chi connectivity index (χ3v) is 25.5. The van der Waals surface area contributed by atoms with E-state index in [4.69, 9.17) is 45.9 Å². The average molecular weight is 2120 g/mol. The summed E-state index contributed by atoms with van der Waals surface area (Å²) < 4.78 is 216. The first kappa shape index (κ1) is 118. The van der Waals surface area contributed by atoms with E-state index >= 15 is 0 Å². The molecule has 0 spiro atoms. The number of nitrogens with one attached hydrogen (secondary N) is 2. The topological polar surface area (TPSA) is 854 Å². The van der Waals surface area contributed by atoms with Gasteiger partial charge in [0.15, 0.2) is 5.75 Å². The Hall–Kier alpha value is -13.2. The van der Waals surface area contributed by atoms with E-state index in [0.717, 1.165) is 48.5 Å². The van der Waals surface area contributed by atoms with Gasteiger partial charge in [0.25, 0.3) is 30.4 Å². The molecule has 0 bridgehead atoms. The van der Waals surface area contributed by atoms with E-state index in [0.29, 0.717) is 34.1 Å². The maximum Gasteiger partial charge on any atom is 1.00 e. The van der Waals surface area contributed by atoms with Gasteiger partial charge in [0.2, 0.25) is 0 Å². The number of benzene rings is 16. The summed E-state index contributed by atoms with van der Waals surface area (Å²) in [5, 5.41) is 121. The molecule has 0 aliphatic rings. The number of fused-ring (bicyclic) bond motifs is 4. The molecule has 22 N–H and O–H groups in total. The van der Waals surface area contributed by atoms with Gasteiger partial charge < -0.3 is 90.6 Å². The summed E-state index contributed by atoms with van der Waals surface area (Å²) >= 11 is 0. The van der Waals surface area contributed by atoms with E-state index < -0.39 is 136 Å². The van der Waals surface area contributed by atoms with Crippen molar-refractivity contribution in [3.63, 3.8) is 0 Å². The minimum absolute atomic E-state index is 0. The number of phenolic OH excluding ortho intramolecular Hbond substituents is 1. The molecule has 0 amide bonds. The monoisotopic (exact) mass is 2120 g/mol. The van der Waals surface area contributed by atoms with Gasteiger partial charge in [-0.1, -0.05) is 41.5 Å². The molecular formula is C88H64Li3N26Na3O22S6. The Morgan fingerprint density at radius 1 is 0.236 bits per heavy atom. The molecule has 16 rings (SSSR count). The second-order valence-corrected chi connectivity index (χ2v) is 38.4. The van der Waals surface area contributed by atoms with Crippen molar-refractivity contribution in [2.45, 2.75) is 29.4 Å². The first-order chi connectivity index (χ1) is 67.0. The smallest absolute Gasteiger partial charge is 0.871 e. The zero-order chi connectivity index (χ0) is 102. The number of aromatic hydroxyl groups is 1. The van der Waals surface area contributed by atoms with Crippen molar-refractivity contribution in [2.75, 3.05) is 56.5 Å². The Bertz CT molecular complexity index is 8490. The van der Waals surface area contributed by atoms with Crippen LogP contribution in [0, 0.1) is 0 Å². The number of hydrogen-bond donors (Lipinski definition) is 14. The van der Waals surface area contributed by atoms with E-state index in [-0.39, 0.29) is 291 Å². The van der Waals surface area contributed by atoms with Crippen LogP contribution < -0.4 is 217 Å². The molecular weight excluding hydrogens is 2060 g/mol. The Morgan fingerprint density at radius 2 is 0.466 bits per heavy atom. The third-order valence-electron chi connectivity index (χ3n) is 20.3. The summed E-state index contributed by atoms with van der Waals surface area (Å²) in [7, 11) is -30.9. The summed E-state index contributed by atoms with van der Waals surface area (Å²) in [5.74, 6) is -3.68. The van der Waals surface area contributed by atoms with Crippen molar-refractivity contribution in [3.05, 3.63) is 255 Å². The number of anilines is 12. The van der Waals surface area contributed by atoms with Crippen molar-refractivity contribution < 1.29 is 244 Å². The largest absolute Gasteiger partial charge is 1.00 e. The van der Waals surface area contributed by atoms with Crippen molar-refractivity contribution in [3.8, 4) is 23.0 Å². The number of nitrogen functional groups attached to an aromatic ring is 8. The van der Waals surface area contributed by atoms with Gasteiger partial charge in [-0.05, 0) is 268 Å². The molecule has 16 aromatic carbocycles. The van der Waals surface area contributed by atoms with Crippen LogP contribution in [-0.4, -0.2) is 82.9 Å². The first-order valence-electron chi connectivity index (χ1n) is 39.9. The van der Waals surface area contributed by atoms with Crippen molar-refractivity contribution in [2.24, 2.45) is 81.8 Å². The Morgan fingerprint density at radius 3 is 0.764 bits per heavy atom. The van der Waals surface area contributed by atoms with E-state index in [1.807, 2.05) is 0 Å². The quantitative estimate of drug-likeness (QED) is 0.0155. The fourth-order valence-corrected chi connectivity index (χ4v) is 17.4. The number of azo groups is 8. The zero-order valence-electron chi connectivity index (χ0n) is 77.6. The molecule has 48 nitrogen and oxygen atoms in total. The summed E-state index contributed by atoms with van der Waals surface area (Å²) in [5.41, 5.74) is 47.3. The molecule has 16 aromatic rings. The van der Waals surface area contributed by atoms with Crippen LogP contribution in [0.3, 0.4) is 0 Å². The normalized spacial score (nSPS) is 12.1. The molecule has 148 heavy (non-hydrogen) atoms. The molecule has 0 saturated carbocycles. The number of nitrogens with two attached hydrogens (primary N) is 8. The van der Waals surface area contributed by atoms with Crippen LogP contribution in [0.15, 0.2) is 366 Å². The molecule has 720 valence electrons. The van der Waals surface area contributed by atoms with Crippen LogP contribution in [0.1, 0.15) is 0 Å². The molecule has 0 fully saturated rings. The maximum absolute atomic E-state index is 13.7. The van der Waals surface area contributed by atoms with Gasteiger partial charge in [-0.3, -0.25) is 13.7 Å². The molecule has 0 unspecified atom stereocenters. The minimum atomic E-state index is -5.34. The molecule has 0 heterocycles. The molecule has 0 aliphatic heterocycles. The van der Waals surface area contributed by atoms with Crippen LogP contribution in [0.5, 0.6) is 23.0 Å². The summed E-state index contributed by atoms with van der Waals surface area (Å²) in [6, 6.07) is 55.9. The van der Waals surface area contributed by atoms with Crippen LogP contribution >= 0.6 is 0 Å². The fourth-order valence-electron chi connectivity index (χ4n) is 13.5. The van der Waals surface area contributed by atoms with E-state index in [1.165, 1.54) is 176 Å². The summed E-state index contributed by atoms with van der Waals surface area (Å²) in [6.45, 7) is 0. The van der Waals surface area contributed by atoms with Gasteiger partial charge in [-0.25, -0.2) is 25.3 Å². The number of hydrogen-bond acceptors (Lipinski definition) is 45. The van der Waals surface area contributed by atoms with Crippen molar-refractivity contribution in [1.29, 1.82) is 0 Å². The van der Waals surface area contributed by atoms with E-state index in [1.54, 1.807) is 30.3 Å². The molecule has 0 aromatic heterocycles. The Kier molecular flexibility index (Phi) is 38.7. The molecule has 60 heteroatoms. The Balaban J connectivity index is 0.000000316. The van der Waals surface area contributed by atoms with Crippen molar-refractivity contribution in [1.82, 2.24) is 0 Å². The number of phenols is 1. The standard InChI is InChI=1S/2C44H35N13O11S3.3Li.3Na/c2*45-24-3-12-35(33(47)17-24)54-51-28-5-1-22-15-39(70(63,64)65)41(43(58)31(22)19-28)56-50-27-9-7-26(8-10-27)49-37-14-11-30(21-38(37)69(60,61)62)53-57-42-40(71(66,67)68)16-23-2-6-29(20-32(23)44(42)59)52-55-36-13-4-25(46)18-34(36)48;;;;;;/h2*1-21,49,58-59H,45-48H2,(H,60,61,62)(H,63,64,65)(H,66,67,68);;;;;;/q;;6*+1/p-6.